The first-order valence-corrected chi connectivity index (χ1v) is 10.3. The maximum absolute atomic E-state index is 12.1. The van der Waals surface area contributed by atoms with Gasteiger partial charge in [0.15, 0.2) is 0 Å². The van der Waals surface area contributed by atoms with Gasteiger partial charge in [0.05, 0.1) is 15.8 Å². The van der Waals surface area contributed by atoms with E-state index < -0.39 is 0 Å². The van der Waals surface area contributed by atoms with Gasteiger partial charge < -0.3 is 5.32 Å². The molecule has 0 radical (unpaired) electrons. The fourth-order valence-electron chi connectivity index (χ4n) is 2.54. The van der Waals surface area contributed by atoms with Gasteiger partial charge >= 0.3 is 0 Å². The van der Waals surface area contributed by atoms with Crippen molar-refractivity contribution in [2.75, 3.05) is 5.75 Å². The molecule has 5 heteroatoms. The average Bonchev–Trinajstić information content (AvgIpc) is 2.62. The topological polar surface area (TPSA) is 29.1 Å². The molecule has 1 amide bonds. The van der Waals surface area contributed by atoms with Gasteiger partial charge in [-0.3, -0.25) is 4.79 Å². The molecule has 0 aromatic heterocycles. The Morgan fingerprint density at radius 2 is 1.72 bits per heavy atom. The second-order valence-corrected chi connectivity index (χ2v) is 7.63. The lowest BCUT2D eigenvalue weighted by Crippen LogP contribution is -2.25. The van der Waals surface area contributed by atoms with E-state index in [9.17, 15) is 4.79 Å². The van der Waals surface area contributed by atoms with Crippen molar-refractivity contribution in [2.45, 2.75) is 39.0 Å². The number of benzene rings is 2. The third kappa shape index (κ3) is 6.25. The molecule has 1 N–H and O–H groups in total. The second-order valence-electron chi connectivity index (χ2n) is 5.83. The smallest absolute Gasteiger partial charge is 0.230 e. The van der Waals surface area contributed by atoms with Crippen LogP contribution in [0.1, 0.15) is 36.1 Å². The van der Waals surface area contributed by atoms with Crippen LogP contribution in [0, 0.1) is 0 Å². The van der Waals surface area contributed by atoms with E-state index in [2.05, 4.69) is 37.4 Å². The monoisotopic (exact) mass is 395 g/mol. The van der Waals surface area contributed by atoms with E-state index in [-0.39, 0.29) is 5.91 Å². The van der Waals surface area contributed by atoms with E-state index in [1.54, 1.807) is 17.8 Å². The molecule has 0 saturated heterocycles. The van der Waals surface area contributed by atoms with E-state index >= 15 is 0 Å². The summed E-state index contributed by atoms with van der Waals surface area (Å²) >= 11 is 13.5. The number of nitrogens with one attached hydrogen (secondary N) is 1. The van der Waals surface area contributed by atoms with Crippen molar-refractivity contribution in [2.24, 2.45) is 0 Å². The minimum absolute atomic E-state index is 0.0500. The van der Waals surface area contributed by atoms with Crippen molar-refractivity contribution in [3.63, 3.8) is 0 Å². The molecule has 0 atom stereocenters. The molecule has 2 rings (SSSR count). The summed E-state index contributed by atoms with van der Waals surface area (Å²) in [4.78, 5) is 12.1. The summed E-state index contributed by atoms with van der Waals surface area (Å²) in [7, 11) is 0. The Kier molecular flexibility index (Phi) is 8.14. The molecule has 0 spiro atoms. The fourth-order valence-corrected chi connectivity index (χ4v) is 3.67. The van der Waals surface area contributed by atoms with Crippen LogP contribution < -0.4 is 5.32 Å². The number of hydrogen-bond acceptors (Lipinski definition) is 2. The molecular formula is C20H23Cl2NOS. The lowest BCUT2D eigenvalue weighted by atomic mass is 10.0. The minimum Gasteiger partial charge on any atom is -0.351 e. The average molecular weight is 396 g/mol. The van der Waals surface area contributed by atoms with Gasteiger partial charge in [-0.15, -0.1) is 11.8 Å². The normalized spacial score (nSPS) is 10.7. The lowest BCUT2D eigenvalue weighted by molar-refractivity contribution is -0.118. The van der Waals surface area contributed by atoms with Gasteiger partial charge in [0.1, 0.15) is 0 Å². The van der Waals surface area contributed by atoms with E-state index in [1.165, 1.54) is 16.7 Å². The van der Waals surface area contributed by atoms with Crippen LogP contribution in [0.2, 0.25) is 10.0 Å². The predicted molar refractivity (Wildman–Crippen MR) is 110 cm³/mol. The number of carbonyl (C=O) groups excluding carboxylic acids is 1. The first-order valence-electron chi connectivity index (χ1n) is 8.42. The van der Waals surface area contributed by atoms with Crippen LogP contribution in [0.5, 0.6) is 0 Å². The number of halogens is 2. The first-order chi connectivity index (χ1) is 12.0. The highest BCUT2D eigenvalue weighted by molar-refractivity contribution is 7.99. The molecule has 0 unspecified atom stereocenters. The highest BCUT2D eigenvalue weighted by Crippen LogP contribution is 2.24. The van der Waals surface area contributed by atoms with Crippen molar-refractivity contribution in [3.05, 3.63) is 68.7 Å². The summed E-state index contributed by atoms with van der Waals surface area (Å²) in [5.74, 6) is 1.21. The van der Waals surface area contributed by atoms with Crippen molar-refractivity contribution < 1.29 is 4.79 Å². The zero-order chi connectivity index (χ0) is 18.2. The molecule has 25 heavy (non-hydrogen) atoms. The van der Waals surface area contributed by atoms with E-state index in [0.717, 1.165) is 24.2 Å². The highest BCUT2D eigenvalue weighted by atomic mass is 35.5. The number of carbonyl (C=O) groups is 1. The first kappa shape index (κ1) is 20.2. The Morgan fingerprint density at radius 1 is 0.960 bits per heavy atom. The Bertz CT molecular complexity index is 734. The number of thioether (sulfide) groups is 1. The number of aryl methyl sites for hydroxylation is 2. The van der Waals surface area contributed by atoms with Gasteiger partial charge in [0, 0.05) is 12.3 Å². The van der Waals surface area contributed by atoms with E-state index in [0.29, 0.717) is 22.3 Å². The molecule has 2 nitrogen and oxygen atoms in total. The third-order valence-corrected chi connectivity index (χ3v) is 5.76. The van der Waals surface area contributed by atoms with E-state index in [4.69, 9.17) is 23.2 Å². The Morgan fingerprint density at radius 3 is 2.40 bits per heavy atom. The van der Waals surface area contributed by atoms with E-state index in [1.807, 2.05) is 12.1 Å². The molecule has 2 aromatic rings. The molecular weight excluding hydrogens is 373 g/mol. The summed E-state index contributed by atoms with van der Waals surface area (Å²) < 4.78 is 0. The SMILES string of the molecule is CCc1ccc(CC)c(CNC(=O)CSCc2ccc(Cl)c(Cl)c2)c1. The van der Waals surface area contributed by atoms with Crippen LogP contribution in [-0.4, -0.2) is 11.7 Å². The van der Waals surface area contributed by atoms with Crippen molar-refractivity contribution in [1.29, 1.82) is 0 Å². The van der Waals surface area contributed by atoms with Gasteiger partial charge in [0.25, 0.3) is 0 Å². The third-order valence-electron chi connectivity index (χ3n) is 4.02. The summed E-state index contributed by atoms with van der Waals surface area (Å²) in [6, 6.07) is 12.1. The minimum atomic E-state index is 0.0500. The molecule has 0 fully saturated rings. The number of amides is 1. The Labute approximate surface area is 164 Å². The summed E-state index contributed by atoms with van der Waals surface area (Å²) in [5, 5.41) is 4.12. The van der Waals surface area contributed by atoms with Crippen LogP contribution in [0.3, 0.4) is 0 Å². The maximum atomic E-state index is 12.1. The van der Waals surface area contributed by atoms with Gasteiger partial charge in [-0.25, -0.2) is 0 Å². The summed E-state index contributed by atoms with van der Waals surface area (Å²) in [6.07, 6.45) is 1.98. The second kappa shape index (κ2) is 10.1. The highest BCUT2D eigenvalue weighted by Gasteiger charge is 2.07. The zero-order valence-corrected chi connectivity index (χ0v) is 16.9. The van der Waals surface area contributed by atoms with Crippen molar-refractivity contribution in [1.82, 2.24) is 5.32 Å². The molecule has 0 aliphatic carbocycles. The molecule has 0 bridgehead atoms. The quantitative estimate of drug-likeness (QED) is 0.623. The fraction of sp³-hybridized carbons (Fsp3) is 0.350. The Hall–Kier alpha value is -1.16. The van der Waals surface area contributed by atoms with Gasteiger partial charge in [-0.2, -0.15) is 0 Å². The largest absolute Gasteiger partial charge is 0.351 e. The van der Waals surface area contributed by atoms with Gasteiger partial charge in [-0.05, 0) is 47.2 Å². The van der Waals surface area contributed by atoms with Crippen molar-refractivity contribution >= 4 is 40.9 Å². The Balaban J connectivity index is 1.81. The lowest BCUT2D eigenvalue weighted by Gasteiger charge is -2.11. The molecule has 2 aromatic carbocycles. The van der Waals surface area contributed by atoms with Gasteiger partial charge in [0.2, 0.25) is 5.91 Å². The van der Waals surface area contributed by atoms with Crippen LogP contribution >= 0.6 is 35.0 Å². The molecule has 0 heterocycles. The van der Waals surface area contributed by atoms with Crippen LogP contribution in [0.15, 0.2) is 36.4 Å². The number of hydrogen-bond donors (Lipinski definition) is 1. The maximum Gasteiger partial charge on any atom is 0.230 e. The van der Waals surface area contributed by atoms with Crippen LogP contribution in [0.4, 0.5) is 0 Å². The standard InChI is InChI=1S/C20H23Cl2NOS/c1-3-14-5-7-16(4-2)17(9-14)11-23-20(24)13-25-12-15-6-8-18(21)19(22)10-15/h5-10H,3-4,11-13H2,1-2H3,(H,23,24). The van der Waals surface area contributed by atoms with Crippen LogP contribution in [-0.2, 0) is 29.9 Å². The van der Waals surface area contributed by atoms with Crippen molar-refractivity contribution in [3.8, 4) is 0 Å². The predicted octanol–water partition coefficient (Wildman–Crippen LogP) is 5.67. The van der Waals surface area contributed by atoms with Gasteiger partial charge in [-0.1, -0.05) is 61.3 Å². The molecule has 0 saturated carbocycles. The summed E-state index contributed by atoms with van der Waals surface area (Å²) in [5.41, 5.74) is 4.87. The summed E-state index contributed by atoms with van der Waals surface area (Å²) in [6.45, 7) is 4.87. The van der Waals surface area contributed by atoms with Crippen LogP contribution in [0.25, 0.3) is 0 Å². The molecule has 0 aliphatic rings. The zero-order valence-electron chi connectivity index (χ0n) is 14.6. The number of rotatable bonds is 8. The molecule has 0 aliphatic heterocycles. The molecule has 134 valence electrons.